The molecule has 0 radical (unpaired) electrons. The Labute approximate surface area is 360 Å². The Morgan fingerprint density at radius 1 is 0.475 bits per heavy atom. The van der Waals surface area contributed by atoms with Gasteiger partial charge in [0.2, 0.25) is 0 Å². The summed E-state index contributed by atoms with van der Waals surface area (Å²) in [5.74, 6) is 0.681. The lowest BCUT2D eigenvalue weighted by Crippen LogP contribution is -2.33. The first-order valence-electron chi connectivity index (χ1n) is 21.7. The molecule has 0 N–H and O–H groups in total. The van der Waals surface area contributed by atoms with Gasteiger partial charge in [-0.25, -0.2) is 0 Å². The van der Waals surface area contributed by atoms with E-state index in [4.69, 9.17) is 0 Å². The summed E-state index contributed by atoms with van der Waals surface area (Å²) < 4.78 is 2.63. The van der Waals surface area contributed by atoms with E-state index in [0.29, 0.717) is 11.8 Å². The Morgan fingerprint density at radius 3 is 2.08 bits per heavy atom. The number of benzene rings is 8. The van der Waals surface area contributed by atoms with Crippen LogP contribution in [0.4, 0.5) is 17.1 Å². The maximum atomic E-state index is 2.58. The smallest absolute Gasteiger partial charge is 0.0535 e. The van der Waals surface area contributed by atoms with Gasteiger partial charge in [-0.05, 0) is 128 Å². The SMILES string of the molecule is C1=CC2C3=CCCC=C3C3(c4ccccc4-c4ccc(N(c5ccc(-c6ccc7ccccc7c6-c6ccccc6)cc5)c5ccc6sc7ccccc7c6c5)cc43)C2C=C1. The molecular formula is C59H41NS. The zero-order valence-electron chi connectivity index (χ0n) is 33.6. The van der Waals surface area contributed by atoms with E-state index >= 15 is 0 Å². The number of allylic oxidation sites excluding steroid dienone is 8. The second-order valence-electron chi connectivity index (χ2n) is 17.0. The van der Waals surface area contributed by atoms with Gasteiger partial charge in [-0.3, -0.25) is 0 Å². The highest BCUT2D eigenvalue weighted by molar-refractivity contribution is 7.25. The van der Waals surface area contributed by atoms with Crippen molar-refractivity contribution in [1.29, 1.82) is 0 Å². The Bertz CT molecular complexity index is 3380. The molecule has 4 aliphatic rings. The fourth-order valence-corrected chi connectivity index (χ4v) is 12.6. The van der Waals surface area contributed by atoms with Crippen LogP contribution in [0.5, 0.6) is 0 Å². The van der Waals surface area contributed by atoms with Gasteiger partial charge < -0.3 is 4.90 Å². The van der Waals surface area contributed by atoms with E-state index in [9.17, 15) is 0 Å². The molecule has 1 saturated carbocycles. The van der Waals surface area contributed by atoms with E-state index in [1.54, 1.807) is 0 Å². The summed E-state index contributed by atoms with van der Waals surface area (Å²) in [6.45, 7) is 0. The van der Waals surface area contributed by atoms with Gasteiger partial charge in [-0.1, -0.05) is 164 Å². The van der Waals surface area contributed by atoms with Gasteiger partial charge in [-0.15, -0.1) is 11.3 Å². The molecule has 0 amide bonds. The number of hydrogen-bond acceptors (Lipinski definition) is 2. The monoisotopic (exact) mass is 795 g/mol. The third-order valence-corrected chi connectivity index (χ3v) is 15.1. The lowest BCUT2D eigenvalue weighted by Gasteiger charge is -2.36. The molecular weight excluding hydrogens is 755 g/mol. The van der Waals surface area contributed by atoms with E-state index in [1.165, 1.54) is 92.3 Å². The second kappa shape index (κ2) is 13.5. The Kier molecular flexibility index (Phi) is 7.71. The Balaban J connectivity index is 1.02. The average Bonchev–Trinajstić information content (AvgIpc) is 3.96. The third-order valence-electron chi connectivity index (χ3n) is 14.0. The number of anilines is 3. The van der Waals surface area contributed by atoms with Crippen LogP contribution >= 0.6 is 11.3 Å². The fourth-order valence-electron chi connectivity index (χ4n) is 11.5. The van der Waals surface area contributed by atoms with Crippen LogP contribution in [0.25, 0.3) is 64.3 Å². The molecule has 0 aliphatic heterocycles. The largest absolute Gasteiger partial charge is 0.310 e. The van der Waals surface area contributed by atoms with Gasteiger partial charge in [0.1, 0.15) is 0 Å². The van der Waals surface area contributed by atoms with Crippen LogP contribution in [0.2, 0.25) is 0 Å². The highest BCUT2D eigenvalue weighted by Crippen LogP contribution is 2.67. The number of hydrogen-bond donors (Lipinski definition) is 0. The molecule has 8 aromatic carbocycles. The molecule has 1 nitrogen and oxygen atoms in total. The van der Waals surface area contributed by atoms with Crippen molar-refractivity contribution >= 4 is 59.3 Å². The minimum Gasteiger partial charge on any atom is -0.310 e. The molecule has 1 heterocycles. The molecule has 4 aliphatic carbocycles. The standard InChI is InChI=1S/C59H41NS/c1-2-15-40(16-3-1)58-44-17-5-4-14-38(44)28-33-45(58)39-26-29-41(30-27-39)60(42-32-35-57-51(36-42)50-21-9-13-25-56(50)61-57)43-31-34-49-48-20-8-12-24-54(48)59(55(49)37-43)52-22-10-6-18-46(52)47-19-7-11-23-53(47)59/h1-6,8-10,12-37,46,52H,7,11H2. The maximum absolute atomic E-state index is 2.58. The van der Waals surface area contributed by atoms with Gasteiger partial charge >= 0.3 is 0 Å². The molecule has 288 valence electrons. The average molecular weight is 796 g/mol. The van der Waals surface area contributed by atoms with Crippen molar-refractivity contribution in [3.63, 3.8) is 0 Å². The highest BCUT2D eigenvalue weighted by atomic mass is 32.1. The summed E-state index contributed by atoms with van der Waals surface area (Å²) >= 11 is 1.87. The van der Waals surface area contributed by atoms with Crippen molar-refractivity contribution in [3.8, 4) is 33.4 Å². The Morgan fingerprint density at radius 2 is 1.16 bits per heavy atom. The summed E-state index contributed by atoms with van der Waals surface area (Å²) in [6.07, 6.45) is 16.8. The first kappa shape index (κ1) is 34.8. The maximum Gasteiger partial charge on any atom is 0.0535 e. The van der Waals surface area contributed by atoms with Crippen LogP contribution in [-0.4, -0.2) is 0 Å². The molecule has 3 unspecified atom stereocenters. The molecule has 13 rings (SSSR count). The van der Waals surface area contributed by atoms with Crippen LogP contribution < -0.4 is 4.90 Å². The summed E-state index contributed by atoms with van der Waals surface area (Å²) in [4.78, 5) is 2.50. The Hall–Kier alpha value is -7.00. The molecule has 2 heteroatoms. The molecule has 3 atom stereocenters. The summed E-state index contributed by atoms with van der Waals surface area (Å²) in [5, 5.41) is 5.13. The highest BCUT2D eigenvalue weighted by Gasteiger charge is 2.59. The van der Waals surface area contributed by atoms with Gasteiger partial charge in [0.25, 0.3) is 0 Å². The van der Waals surface area contributed by atoms with E-state index in [1.807, 2.05) is 11.3 Å². The van der Waals surface area contributed by atoms with E-state index in [0.717, 1.165) is 24.2 Å². The first-order chi connectivity index (χ1) is 30.3. The molecule has 0 saturated heterocycles. The molecule has 1 fully saturated rings. The number of fused-ring (bicyclic) bond motifs is 14. The third kappa shape index (κ3) is 5.06. The van der Waals surface area contributed by atoms with E-state index in [2.05, 4.69) is 217 Å². The predicted molar refractivity (Wildman–Crippen MR) is 259 cm³/mol. The van der Waals surface area contributed by atoms with Crippen molar-refractivity contribution in [3.05, 3.63) is 235 Å². The molecule has 61 heavy (non-hydrogen) atoms. The minimum absolute atomic E-state index is 0.257. The molecule has 9 aromatic rings. The van der Waals surface area contributed by atoms with Crippen molar-refractivity contribution in [2.75, 3.05) is 4.90 Å². The van der Waals surface area contributed by atoms with Crippen molar-refractivity contribution in [2.24, 2.45) is 11.8 Å². The predicted octanol–water partition coefficient (Wildman–Crippen LogP) is 16.3. The van der Waals surface area contributed by atoms with Crippen LogP contribution in [0.1, 0.15) is 24.0 Å². The van der Waals surface area contributed by atoms with Crippen molar-refractivity contribution in [1.82, 2.24) is 0 Å². The second-order valence-corrected chi connectivity index (χ2v) is 18.1. The zero-order valence-corrected chi connectivity index (χ0v) is 34.4. The van der Waals surface area contributed by atoms with Gasteiger partial charge in [0.05, 0.1) is 5.41 Å². The summed E-state index contributed by atoms with van der Waals surface area (Å²) in [5.41, 5.74) is 16.8. The van der Waals surface area contributed by atoms with Gasteiger partial charge in [0, 0.05) is 49.1 Å². The fraction of sp³-hybridized carbons (Fsp3) is 0.0847. The molecule has 0 bridgehead atoms. The topological polar surface area (TPSA) is 3.24 Å². The zero-order chi connectivity index (χ0) is 40.1. The van der Waals surface area contributed by atoms with Crippen LogP contribution in [0.3, 0.4) is 0 Å². The minimum atomic E-state index is -0.257. The van der Waals surface area contributed by atoms with E-state index < -0.39 is 0 Å². The van der Waals surface area contributed by atoms with E-state index in [-0.39, 0.29) is 5.41 Å². The lowest BCUT2D eigenvalue weighted by molar-refractivity contribution is 0.450. The van der Waals surface area contributed by atoms with Gasteiger partial charge in [-0.2, -0.15) is 0 Å². The van der Waals surface area contributed by atoms with Gasteiger partial charge in [0.15, 0.2) is 0 Å². The number of thiophene rings is 1. The molecule has 1 aromatic heterocycles. The first-order valence-corrected chi connectivity index (χ1v) is 22.5. The number of rotatable bonds is 5. The summed E-state index contributed by atoms with van der Waals surface area (Å²) in [7, 11) is 0. The number of nitrogens with zero attached hydrogens (tertiary/aromatic N) is 1. The van der Waals surface area contributed by atoms with Crippen LogP contribution in [0, 0.1) is 11.8 Å². The van der Waals surface area contributed by atoms with Crippen LogP contribution in [-0.2, 0) is 5.41 Å². The lowest BCUT2D eigenvalue weighted by atomic mass is 9.65. The normalized spacial score (nSPS) is 19.5. The van der Waals surface area contributed by atoms with Crippen LogP contribution in [0.15, 0.2) is 224 Å². The van der Waals surface area contributed by atoms with Crippen molar-refractivity contribution < 1.29 is 0 Å². The molecule has 1 spiro atoms. The van der Waals surface area contributed by atoms with Crippen molar-refractivity contribution in [2.45, 2.75) is 18.3 Å². The quantitative estimate of drug-likeness (QED) is 0.168. The summed E-state index contributed by atoms with van der Waals surface area (Å²) in [6, 6.07) is 66.0.